The number of unbranched alkanes of at least 4 members (excludes halogenated alkanes) is 3. The molecule has 0 aliphatic rings. The van der Waals surface area contributed by atoms with Crippen LogP contribution in [-0.4, -0.2) is 0 Å². The largest absolute Gasteiger partial charge is 0.0654 e. The Morgan fingerprint density at radius 2 is 1.35 bits per heavy atom. The average Bonchev–Trinajstić information content (AvgIpc) is 2.32. The molecule has 0 bridgehead atoms. The Hall–Kier alpha value is -0.780. The number of aryl methyl sites for hydroxylation is 3. The summed E-state index contributed by atoms with van der Waals surface area (Å²) in [5, 5.41) is 0. The Kier molecular flexibility index (Phi) is 8.85. The van der Waals surface area contributed by atoms with E-state index in [0.29, 0.717) is 0 Å². The molecule has 0 heterocycles. The van der Waals surface area contributed by atoms with Crippen molar-refractivity contribution in [1.82, 2.24) is 0 Å². The van der Waals surface area contributed by atoms with Crippen molar-refractivity contribution in [3.05, 3.63) is 34.4 Å². The van der Waals surface area contributed by atoms with E-state index in [1.54, 1.807) is 0 Å². The van der Waals surface area contributed by atoms with Crippen molar-refractivity contribution in [2.24, 2.45) is 0 Å². The van der Waals surface area contributed by atoms with Crippen LogP contribution in [0.4, 0.5) is 0 Å². The van der Waals surface area contributed by atoms with Crippen LogP contribution in [0.15, 0.2) is 12.1 Å². The van der Waals surface area contributed by atoms with E-state index in [-0.39, 0.29) is 0 Å². The third-order valence-corrected chi connectivity index (χ3v) is 3.26. The minimum atomic E-state index is 1.15. The van der Waals surface area contributed by atoms with E-state index in [0.717, 1.165) is 6.42 Å². The van der Waals surface area contributed by atoms with Gasteiger partial charge >= 0.3 is 0 Å². The SMILES string of the molecule is CCCCCC.CCc1cc(C)cc(C)c1C. The van der Waals surface area contributed by atoms with Crippen molar-refractivity contribution in [3.63, 3.8) is 0 Å². The first-order valence-electron chi connectivity index (χ1n) is 7.13. The summed E-state index contributed by atoms with van der Waals surface area (Å²) in [5.74, 6) is 0. The van der Waals surface area contributed by atoms with Gasteiger partial charge in [-0.15, -0.1) is 0 Å². The van der Waals surface area contributed by atoms with Gasteiger partial charge in [-0.2, -0.15) is 0 Å². The second-order valence-electron chi connectivity index (χ2n) is 4.93. The molecular weight excluding hydrogens is 204 g/mol. The van der Waals surface area contributed by atoms with Crippen LogP contribution in [0.3, 0.4) is 0 Å². The van der Waals surface area contributed by atoms with E-state index in [2.05, 4.69) is 53.7 Å². The van der Waals surface area contributed by atoms with Gasteiger partial charge in [0.05, 0.1) is 0 Å². The van der Waals surface area contributed by atoms with Gasteiger partial charge in [-0.25, -0.2) is 0 Å². The highest BCUT2D eigenvalue weighted by molar-refractivity contribution is 5.37. The zero-order valence-electron chi connectivity index (χ0n) is 12.7. The highest BCUT2D eigenvalue weighted by atomic mass is 14.0. The van der Waals surface area contributed by atoms with Crippen molar-refractivity contribution in [3.8, 4) is 0 Å². The normalized spacial score (nSPS) is 9.76. The minimum Gasteiger partial charge on any atom is -0.0654 e. The van der Waals surface area contributed by atoms with Crippen LogP contribution in [0.5, 0.6) is 0 Å². The molecule has 0 radical (unpaired) electrons. The van der Waals surface area contributed by atoms with E-state index in [9.17, 15) is 0 Å². The average molecular weight is 234 g/mol. The van der Waals surface area contributed by atoms with Crippen LogP contribution in [-0.2, 0) is 6.42 Å². The molecule has 0 spiro atoms. The number of hydrogen-bond donors (Lipinski definition) is 0. The molecule has 0 aliphatic carbocycles. The molecule has 0 saturated heterocycles. The Bertz CT molecular complexity index is 306. The van der Waals surface area contributed by atoms with Crippen molar-refractivity contribution >= 4 is 0 Å². The molecule has 0 unspecified atom stereocenters. The second kappa shape index (κ2) is 9.27. The van der Waals surface area contributed by atoms with Crippen LogP contribution in [0, 0.1) is 20.8 Å². The molecule has 0 saturated carbocycles. The van der Waals surface area contributed by atoms with Gasteiger partial charge < -0.3 is 0 Å². The van der Waals surface area contributed by atoms with Crippen molar-refractivity contribution in [2.45, 2.75) is 73.6 Å². The van der Waals surface area contributed by atoms with Crippen molar-refractivity contribution in [2.75, 3.05) is 0 Å². The molecule has 17 heavy (non-hydrogen) atoms. The summed E-state index contributed by atoms with van der Waals surface area (Å²) >= 11 is 0. The lowest BCUT2D eigenvalue weighted by molar-refractivity contribution is 0.702. The van der Waals surface area contributed by atoms with Crippen LogP contribution >= 0.6 is 0 Å². The van der Waals surface area contributed by atoms with E-state index in [4.69, 9.17) is 0 Å². The Morgan fingerprint density at radius 3 is 1.76 bits per heavy atom. The second-order valence-corrected chi connectivity index (χ2v) is 4.93. The van der Waals surface area contributed by atoms with Crippen LogP contribution in [0.25, 0.3) is 0 Å². The smallest absolute Gasteiger partial charge is 0.0305 e. The fourth-order valence-electron chi connectivity index (χ4n) is 1.99. The van der Waals surface area contributed by atoms with Gasteiger partial charge in [0.25, 0.3) is 0 Å². The predicted octanol–water partition coefficient (Wildman–Crippen LogP) is 5.76. The quantitative estimate of drug-likeness (QED) is 0.581. The molecule has 1 rings (SSSR count). The third kappa shape index (κ3) is 6.51. The first-order valence-corrected chi connectivity index (χ1v) is 7.13. The molecular formula is C17H30. The third-order valence-electron chi connectivity index (χ3n) is 3.26. The lowest BCUT2D eigenvalue weighted by atomic mass is 9.99. The zero-order valence-corrected chi connectivity index (χ0v) is 12.7. The van der Waals surface area contributed by atoms with E-state index < -0.39 is 0 Å². The molecule has 1 aromatic carbocycles. The van der Waals surface area contributed by atoms with Crippen LogP contribution in [0.2, 0.25) is 0 Å². The topological polar surface area (TPSA) is 0 Å². The molecule has 0 amide bonds. The highest BCUT2D eigenvalue weighted by Gasteiger charge is 1.99. The number of benzene rings is 1. The zero-order chi connectivity index (χ0) is 13.3. The maximum absolute atomic E-state index is 2.28. The molecule has 0 heteroatoms. The molecule has 0 aromatic heterocycles. The lowest BCUT2D eigenvalue weighted by Gasteiger charge is -2.07. The molecule has 0 nitrogen and oxygen atoms in total. The summed E-state index contributed by atoms with van der Waals surface area (Å²) < 4.78 is 0. The fraction of sp³-hybridized carbons (Fsp3) is 0.647. The van der Waals surface area contributed by atoms with Crippen molar-refractivity contribution < 1.29 is 0 Å². The van der Waals surface area contributed by atoms with Gasteiger partial charge in [0.2, 0.25) is 0 Å². The first kappa shape index (κ1) is 16.2. The van der Waals surface area contributed by atoms with E-state index in [1.807, 2.05) is 0 Å². The van der Waals surface area contributed by atoms with Gasteiger partial charge in [-0.05, 0) is 43.9 Å². The summed E-state index contributed by atoms with van der Waals surface area (Å²) in [6, 6.07) is 4.52. The Morgan fingerprint density at radius 1 is 0.824 bits per heavy atom. The Balaban J connectivity index is 0.000000366. The first-order chi connectivity index (χ1) is 8.06. The van der Waals surface area contributed by atoms with Gasteiger partial charge in [-0.1, -0.05) is 64.2 Å². The maximum atomic E-state index is 2.28. The number of hydrogen-bond acceptors (Lipinski definition) is 0. The summed E-state index contributed by atoms with van der Waals surface area (Å²) in [5.41, 5.74) is 5.74. The van der Waals surface area contributed by atoms with Gasteiger partial charge in [0.1, 0.15) is 0 Å². The monoisotopic (exact) mass is 234 g/mol. The molecule has 0 atom stereocenters. The number of rotatable bonds is 4. The van der Waals surface area contributed by atoms with Crippen molar-refractivity contribution in [1.29, 1.82) is 0 Å². The van der Waals surface area contributed by atoms with E-state index in [1.165, 1.54) is 47.9 Å². The van der Waals surface area contributed by atoms with Gasteiger partial charge in [-0.3, -0.25) is 0 Å². The molecule has 0 N–H and O–H groups in total. The van der Waals surface area contributed by atoms with Crippen LogP contribution < -0.4 is 0 Å². The summed E-state index contributed by atoms with van der Waals surface area (Å²) in [6.45, 7) is 13.2. The summed E-state index contributed by atoms with van der Waals surface area (Å²) in [4.78, 5) is 0. The highest BCUT2D eigenvalue weighted by Crippen LogP contribution is 2.15. The van der Waals surface area contributed by atoms with Gasteiger partial charge in [0, 0.05) is 0 Å². The molecule has 98 valence electrons. The molecule has 0 aliphatic heterocycles. The minimum absolute atomic E-state index is 1.15. The predicted molar refractivity (Wildman–Crippen MR) is 79.8 cm³/mol. The van der Waals surface area contributed by atoms with E-state index >= 15 is 0 Å². The standard InChI is InChI=1S/C11H16.C6H14/c1-5-11-7-8(2)6-9(3)10(11)4;1-3-5-6-4-2/h6-7H,5H2,1-4H3;3-6H2,1-2H3. The summed E-state index contributed by atoms with van der Waals surface area (Å²) in [7, 11) is 0. The van der Waals surface area contributed by atoms with Crippen LogP contribution in [0.1, 0.15) is 68.7 Å². The summed E-state index contributed by atoms with van der Waals surface area (Å²) in [6.07, 6.45) is 6.68. The lowest BCUT2D eigenvalue weighted by Crippen LogP contribution is -1.91. The maximum Gasteiger partial charge on any atom is -0.0305 e. The molecule has 1 aromatic rings. The van der Waals surface area contributed by atoms with Gasteiger partial charge in [0.15, 0.2) is 0 Å². The molecule has 0 fully saturated rings. The fourth-order valence-corrected chi connectivity index (χ4v) is 1.99. The Labute approximate surface area is 108 Å².